The summed E-state index contributed by atoms with van der Waals surface area (Å²) in [6, 6.07) is 1.63. The summed E-state index contributed by atoms with van der Waals surface area (Å²) in [6.07, 6.45) is 0.273. The molecule has 1 aromatic carbocycles. The third kappa shape index (κ3) is 1.51. The van der Waals surface area contributed by atoms with Gasteiger partial charge in [-0.2, -0.15) is 0 Å². The van der Waals surface area contributed by atoms with Crippen molar-refractivity contribution in [3.63, 3.8) is 0 Å². The molecule has 1 heterocycles. The highest BCUT2D eigenvalue weighted by molar-refractivity contribution is 6.32. The molecular weight excluding hydrogens is 218 g/mol. The van der Waals surface area contributed by atoms with Gasteiger partial charge in [-0.1, -0.05) is 11.6 Å². The maximum atomic E-state index is 11.3. The van der Waals surface area contributed by atoms with Crippen molar-refractivity contribution in [3.8, 4) is 11.5 Å². The molecule has 0 atom stereocenters. The number of amides is 1. The zero-order valence-corrected chi connectivity index (χ0v) is 9.14. The van der Waals surface area contributed by atoms with Gasteiger partial charge >= 0.3 is 0 Å². The fraction of sp³-hybridized carbons (Fsp3) is 0.300. The minimum atomic E-state index is -0.0798. The number of anilines is 1. The first-order chi connectivity index (χ1) is 7.17. The van der Waals surface area contributed by atoms with Crippen LogP contribution in [0.1, 0.15) is 5.56 Å². The zero-order valence-electron chi connectivity index (χ0n) is 8.39. The molecule has 0 unspecified atom stereocenters. The van der Waals surface area contributed by atoms with Crippen LogP contribution < -0.4 is 14.8 Å². The number of ether oxygens (including phenoxy) is 2. The molecule has 0 saturated heterocycles. The Morgan fingerprint density at radius 2 is 2.13 bits per heavy atom. The first kappa shape index (κ1) is 10.1. The smallest absolute Gasteiger partial charge is 0.229 e. The highest BCUT2D eigenvalue weighted by Gasteiger charge is 2.27. The lowest BCUT2D eigenvalue weighted by Crippen LogP contribution is -2.04. The van der Waals surface area contributed by atoms with Crippen molar-refractivity contribution in [2.75, 3.05) is 19.5 Å². The van der Waals surface area contributed by atoms with Gasteiger partial charge in [-0.25, -0.2) is 0 Å². The highest BCUT2D eigenvalue weighted by atomic mass is 35.5. The molecule has 1 amide bonds. The van der Waals surface area contributed by atoms with E-state index in [1.54, 1.807) is 6.07 Å². The first-order valence-electron chi connectivity index (χ1n) is 4.40. The molecule has 5 heteroatoms. The zero-order chi connectivity index (χ0) is 11.0. The van der Waals surface area contributed by atoms with E-state index in [2.05, 4.69) is 5.32 Å². The number of hydrogen-bond acceptors (Lipinski definition) is 3. The molecule has 1 aromatic rings. The average molecular weight is 228 g/mol. The van der Waals surface area contributed by atoms with Crippen LogP contribution in [0.5, 0.6) is 11.5 Å². The molecule has 0 spiro atoms. The second-order valence-corrected chi connectivity index (χ2v) is 3.58. The van der Waals surface area contributed by atoms with Crippen LogP contribution in [0.2, 0.25) is 5.02 Å². The predicted octanol–water partition coefficient (Wildman–Crippen LogP) is 1.85. The van der Waals surface area contributed by atoms with Gasteiger partial charge in [0.1, 0.15) is 11.5 Å². The Kier molecular flexibility index (Phi) is 2.44. The Morgan fingerprint density at radius 1 is 1.40 bits per heavy atom. The lowest BCUT2D eigenvalue weighted by atomic mass is 10.1. The van der Waals surface area contributed by atoms with E-state index in [4.69, 9.17) is 21.1 Å². The Morgan fingerprint density at radius 3 is 2.73 bits per heavy atom. The summed E-state index contributed by atoms with van der Waals surface area (Å²) in [7, 11) is 3.06. The van der Waals surface area contributed by atoms with Gasteiger partial charge < -0.3 is 14.8 Å². The number of benzene rings is 1. The van der Waals surface area contributed by atoms with E-state index in [-0.39, 0.29) is 12.3 Å². The van der Waals surface area contributed by atoms with Gasteiger partial charge in [0.15, 0.2) is 0 Å². The predicted molar refractivity (Wildman–Crippen MR) is 56.9 cm³/mol. The Balaban J connectivity index is 2.64. The number of carbonyl (C=O) groups is 1. The molecule has 1 N–H and O–H groups in total. The van der Waals surface area contributed by atoms with Crippen LogP contribution in [-0.4, -0.2) is 20.1 Å². The molecule has 1 aliphatic heterocycles. The minimum absolute atomic E-state index is 0.0798. The Hall–Kier alpha value is -1.42. The fourth-order valence-electron chi connectivity index (χ4n) is 1.69. The maximum absolute atomic E-state index is 11.3. The molecular formula is C10H10ClNO3. The average Bonchev–Trinajstić information content (AvgIpc) is 2.58. The van der Waals surface area contributed by atoms with Gasteiger partial charge in [0.05, 0.1) is 31.4 Å². The van der Waals surface area contributed by atoms with E-state index in [9.17, 15) is 4.79 Å². The van der Waals surface area contributed by atoms with Gasteiger partial charge in [-0.3, -0.25) is 4.79 Å². The lowest BCUT2D eigenvalue weighted by Gasteiger charge is -2.12. The summed E-state index contributed by atoms with van der Waals surface area (Å²) in [6.45, 7) is 0. The van der Waals surface area contributed by atoms with Crippen molar-refractivity contribution in [1.82, 2.24) is 0 Å². The number of fused-ring (bicyclic) bond motifs is 1. The number of carbonyl (C=O) groups excluding carboxylic acids is 1. The summed E-state index contributed by atoms with van der Waals surface area (Å²) >= 11 is 6.00. The molecule has 0 radical (unpaired) electrons. The SMILES string of the molecule is COc1cc(Cl)c(OC)c2c1NC(=O)C2. The van der Waals surface area contributed by atoms with Gasteiger partial charge in [-0.15, -0.1) is 0 Å². The summed E-state index contributed by atoms with van der Waals surface area (Å²) < 4.78 is 10.3. The topological polar surface area (TPSA) is 47.6 Å². The van der Waals surface area contributed by atoms with Crippen LogP contribution >= 0.6 is 11.6 Å². The number of nitrogens with one attached hydrogen (secondary N) is 1. The van der Waals surface area contributed by atoms with Crippen molar-refractivity contribution in [2.45, 2.75) is 6.42 Å². The Labute approximate surface area is 92.1 Å². The standard InChI is InChI=1S/C10H10ClNO3/c1-14-7-4-6(11)10(15-2)5-3-8(13)12-9(5)7/h4H,3H2,1-2H3,(H,12,13). The summed E-state index contributed by atoms with van der Waals surface area (Å²) in [5, 5.41) is 3.16. The van der Waals surface area contributed by atoms with E-state index < -0.39 is 0 Å². The first-order valence-corrected chi connectivity index (χ1v) is 4.78. The highest BCUT2D eigenvalue weighted by Crippen LogP contribution is 2.43. The molecule has 0 fully saturated rings. The van der Waals surface area contributed by atoms with Gasteiger partial charge in [0.25, 0.3) is 0 Å². The monoisotopic (exact) mass is 227 g/mol. The number of methoxy groups -OCH3 is 2. The van der Waals surface area contributed by atoms with E-state index in [1.165, 1.54) is 14.2 Å². The molecule has 0 aromatic heterocycles. The van der Waals surface area contributed by atoms with Crippen molar-refractivity contribution in [3.05, 3.63) is 16.7 Å². The van der Waals surface area contributed by atoms with Crippen LogP contribution in [0, 0.1) is 0 Å². The second kappa shape index (κ2) is 3.62. The van der Waals surface area contributed by atoms with Crippen LogP contribution in [0.3, 0.4) is 0 Å². The quantitative estimate of drug-likeness (QED) is 0.839. The molecule has 1 aliphatic rings. The van der Waals surface area contributed by atoms with Crippen LogP contribution in [0.4, 0.5) is 5.69 Å². The Bertz CT molecular complexity index is 431. The van der Waals surface area contributed by atoms with Crippen LogP contribution in [0.25, 0.3) is 0 Å². The van der Waals surface area contributed by atoms with E-state index in [0.29, 0.717) is 22.2 Å². The molecule has 15 heavy (non-hydrogen) atoms. The third-order valence-electron chi connectivity index (χ3n) is 2.32. The van der Waals surface area contributed by atoms with Crippen molar-refractivity contribution in [2.24, 2.45) is 0 Å². The van der Waals surface area contributed by atoms with Gasteiger partial charge in [0, 0.05) is 11.6 Å². The normalized spacial score (nSPS) is 13.4. The number of halogens is 1. The lowest BCUT2D eigenvalue weighted by molar-refractivity contribution is -0.115. The fourth-order valence-corrected chi connectivity index (χ4v) is 1.98. The molecule has 0 saturated carbocycles. The van der Waals surface area contributed by atoms with Gasteiger partial charge in [0.2, 0.25) is 5.91 Å². The molecule has 4 nitrogen and oxygen atoms in total. The van der Waals surface area contributed by atoms with E-state index in [1.807, 2.05) is 0 Å². The number of rotatable bonds is 2. The second-order valence-electron chi connectivity index (χ2n) is 3.17. The molecule has 0 aliphatic carbocycles. The molecule has 0 bridgehead atoms. The molecule has 2 rings (SSSR count). The van der Waals surface area contributed by atoms with E-state index >= 15 is 0 Å². The largest absolute Gasteiger partial charge is 0.495 e. The van der Waals surface area contributed by atoms with Gasteiger partial charge in [-0.05, 0) is 0 Å². The van der Waals surface area contributed by atoms with Crippen molar-refractivity contribution >= 4 is 23.2 Å². The summed E-state index contributed by atoms with van der Waals surface area (Å²) in [5.41, 5.74) is 1.41. The minimum Gasteiger partial charge on any atom is -0.495 e. The van der Waals surface area contributed by atoms with Crippen molar-refractivity contribution < 1.29 is 14.3 Å². The van der Waals surface area contributed by atoms with Crippen LogP contribution in [-0.2, 0) is 11.2 Å². The van der Waals surface area contributed by atoms with E-state index in [0.717, 1.165) is 5.56 Å². The van der Waals surface area contributed by atoms with Crippen molar-refractivity contribution in [1.29, 1.82) is 0 Å². The number of hydrogen-bond donors (Lipinski definition) is 1. The maximum Gasteiger partial charge on any atom is 0.229 e. The van der Waals surface area contributed by atoms with Crippen LogP contribution in [0.15, 0.2) is 6.07 Å². The summed E-state index contributed by atoms with van der Waals surface area (Å²) in [4.78, 5) is 11.3. The molecule has 80 valence electrons. The third-order valence-corrected chi connectivity index (χ3v) is 2.60. The summed E-state index contributed by atoms with van der Waals surface area (Å²) in [5.74, 6) is 1.01.